The van der Waals surface area contributed by atoms with Crippen molar-refractivity contribution < 1.29 is 49.0 Å². The lowest BCUT2D eigenvalue weighted by Gasteiger charge is -2.30. The number of carbonyl (C=O) groups is 1. The van der Waals surface area contributed by atoms with Crippen molar-refractivity contribution in [2.24, 2.45) is 5.73 Å². The summed E-state index contributed by atoms with van der Waals surface area (Å²) < 4.78 is 98.7. The molecule has 0 rings (SSSR count). The molecule has 7 nitrogen and oxygen atoms in total. The molecule has 0 fully saturated rings. The first-order valence-electron chi connectivity index (χ1n) is 7.74. The summed E-state index contributed by atoms with van der Waals surface area (Å²) in [5, 5.41) is 0. The van der Waals surface area contributed by atoms with Gasteiger partial charge in [0.25, 0.3) is 0 Å². The topological polar surface area (TPSA) is 108 Å². The maximum Gasteiger partial charge on any atom is 0.516 e. The number of sulfonamides is 1. The van der Waals surface area contributed by atoms with E-state index in [9.17, 15) is 39.6 Å². The molecule has 1 amide bonds. The minimum atomic E-state index is -6.30. The Morgan fingerprint density at radius 2 is 1.41 bits per heavy atom. The van der Waals surface area contributed by atoms with Crippen LogP contribution in [0.25, 0.3) is 0 Å². The number of alkyl halides is 6. The Kier molecular flexibility index (Phi) is 12.1. The van der Waals surface area contributed by atoms with Gasteiger partial charge in [-0.3, -0.25) is 4.79 Å². The van der Waals surface area contributed by atoms with Gasteiger partial charge in [0.15, 0.2) is 0 Å². The van der Waals surface area contributed by atoms with E-state index in [0.717, 1.165) is 19.3 Å². The van der Waals surface area contributed by atoms with Gasteiger partial charge in [0.05, 0.1) is 25.5 Å². The molecule has 0 atom stereocenters. The van der Waals surface area contributed by atoms with Crippen molar-refractivity contribution in [1.29, 1.82) is 0 Å². The number of ether oxygens (including phenoxy) is 2. The third-order valence-electron chi connectivity index (χ3n) is 3.48. The first kappa shape index (κ1) is 28.1. The molecule has 0 bridgehead atoms. The molecule has 0 aromatic carbocycles. The molecule has 0 radical (unpaired) electrons. The molecular weight excluding hydrogens is 410 g/mol. The fraction of sp³-hybridized carbons (Fsp3) is 0.923. The van der Waals surface area contributed by atoms with Crippen LogP contribution in [0.3, 0.4) is 0 Å². The zero-order chi connectivity index (χ0) is 21.9. The number of nitrogens with one attached hydrogen (secondary N) is 1. The Bertz CT molecular complexity index is 524. The predicted molar refractivity (Wildman–Crippen MR) is 83.7 cm³/mol. The predicted octanol–water partition coefficient (Wildman–Crippen LogP) is 2.42. The van der Waals surface area contributed by atoms with E-state index >= 15 is 0 Å². The number of hydrogen-bond donors (Lipinski definition) is 2. The van der Waals surface area contributed by atoms with Gasteiger partial charge in [0.1, 0.15) is 0 Å². The van der Waals surface area contributed by atoms with E-state index in [0.29, 0.717) is 13.2 Å². The molecule has 164 valence electrons. The molecule has 0 unspecified atom stereocenters. The molecule has 0 spiro atoms. The summed E-state index contributed by atoms with van der Waals surface area (Å²) in [7, 11) is -6.30. The highest BCUT2D eigenvalue weighted by atomic mass is 32.2. The van der Waals surface area contributed by atoms with Gasteiger partial charge in [0.2, 0.25) is 0 Å². The number of hydrogen-bond acceptors (Lipinski definition) is 6. The molecule has 0 saturated carbocycles. The normalized spacial score (nSPS) is 13.0. The van der Waals surface area contributed by atoms with Crippen LogP contribution in [-0.4, -0.2) is 51.6 Å². The van der Waals surface area contributed by atoms with E-state index in [2.05, 4.69) is 20.8 Å². The molecule has 0 aromatic rings. The van der Waals surface area contributed by atoms with Crippen LogP contribution >= 0.6 is 0 Å². The average molecular weight is 434 g/mol. The second kappa shape index (κ2) is 11.7. The van der Waals surface area contributed by atoms with Crippen molar-refractivity contribution in [2.45, 2.75) is 57.3 Å². The highest BCUT2D eigenvalue weighted by Gasteiger charge is 2.51. The minimum absolute atomic E-state index is 0.0535. The largest absolute Gasteiger partial charge is 0.516 e. The van der Waals surface area contributed by atoms with E-state index in [1.165, 1.54) is 0 Å². The lowest BCUT2D eigenvalue weighted by molar-refractivity contribution is -0.171. The van der Waals surface area contributed by atoms with E-state index in [-0.39, 0.29) is 17.1 Å². The Hall–Kier alpha value is -1.12. The van der Waals surface area contributed by atoms with Crippen LogP contribution < -0.4 is 10.5 Å². The monoisotopic (exact) mass is 434 g/mol. The van der Waals surface area contributed by atoms with Crippen molar-refractivity contribution in [2.75, 3.05) is 19.9 Å². The summed E-state index contributed by atoms with van der Waals surface area (Å²) in [6, 6.07) is 0. The number of halogens is 6. The zero-order valence-electron chi connectivity index (χ0n) is 15.0. The SMILES string of the molecule is CCC(CC)(CC)OCCOCN.O=C(NS(=O)(=O)C(F)(F)F)C(F)(F)F. The quantitative estimate of drug-likeness (QED) is 0.328. The number of nitrogens with two attached hydrogens (primary N) is 1. The molecule has 0 heterocycles. The molecule has 0 aromatic heterocycles. The van der Waals surface area contributed by atoms with E-state index in [1.54, 1.807) is 0 Å². The average Bonchev–Trinajstić information content (AvgIpc) is 2.54. The summed E-state index contributed by atoms with van der Waals surface area (Å²) in [5.41, 5.74) is -0.713. The lowest BCUT2D eigenvalue weighted by atomic mass is 9.94. The fourth-order valence-electron chi connectivity index (χ4n) is 1.69. The summed E-state index contributed by atoms with van der Waals surface area (Å²) in [6.07, 6.45) is -2.52. The van der Waals surface area contributed by atoms with Crippen LogP contribution in [-0.2, 0) is 24.3 Å². The van der Waals surface area contributed by atoms with Gasteiger partial charge in [-0.1, -0.05) is 20.8 Å². The molecule has 0 aliphatic heterocycles. The van der Waals surface area contributed by atoms with Gasteiger partial charge in [-0.05, 0) is 19.3 Å². The maximum atomic E-state index is 11.4. The molecule has 3 N–H and O–H groups in total. The van der Waals surface area contributed by atoms with Crippen molar-refractivity contribution in [3.63, 3.8) is 0 Å². The molecule has 0 aliphatic rings. The van der Waals surface area contributed by atoms with Gasteiger partial charge >= 0.3 is 27.6 Å². The first-order chi connectivity index (χ1) is 12.1. The molecular formula is C13H24F6N2O5S. The smallest absolute Gasteiger partial charge is 0.373 e. The Morgan fingerprint density at radius 1 is 0.963 bits per heavy atom. The number of carbonyl (C=O) groups excluding carboxylic acids is 1. The van der Waals surface area contributed by atoms with Crippen LogP contribution in [0, 0.1) is 0 Å². The van der Waals surface area contributed by atoms with Gasteiger partial charge in [-0.15, -0.1) is 0 Å². The minimum Gasteiger partial charge on any atom is -0.373 e. The standard InChI is InChI=1S/C10H23NO2.C3HF6NO3S/c1-4-10(5-2,6-3)13-8-7-12-9-11;4-2(5,6)1(11)10-14(12,13)3(7,8)9/h4-9,11H2,1-3H3;(H,10,11). The van der Waals surface area contributed by atoms with Crippen LogP contribution in [0.2, 0.25) is 0 Å². The Balaban J connectivity index is 0. The zero-order valence-corrected chi connectivity index (χ0v) is 15.9. The third kappa shape index (κ3) is 10.7. The lowest BCUT2D eigenvalue weighted by Crippen LogP contribution is -2.46. The van der Waals surface area contributed by atoms with Crippen LogP contribution in [0.4, 0.5) is 26.3 Å². The van der Waals surface area contributed by atoms with Gasteiger partial charge in [-0.2, -0.15) is 34.8 Å². The van der Waals surface area contributed by atoms with Gasteiger partial charge < -0.3 is 15.2 Å². The van der Waals surface area contributed by atoms with Crippen molar-refractivity contribution in [3.8, 4) is 0 Å². The molecule has 14 heteroatoms. The second-order valence-electron chi connectivity index (χ2n) is 5.05. The van der Waals surface area contributed by atoms with Crippen molar-refractivity contribution >= 4 is 15.9 Å². The summed E-state index contributed by atoms with van der Waals surface area (Å²) in [5.74, 6) is -3.20. The first-order valence-corrected chi connectivity index (χ1v) is 9.22. The molecule has 0 saturated heterocycles. The highest BCUT2D eigenvalue weighted by molar-refractivity contribution is 7.90. The van der Waals surface area contributed by atoms with Crippen LogP contribution in [0.1, 0.15) is 40.0 Å². The molecule has 0 aliphatic carbocycles. The van der Waals surface area contributed by atoms with Crippen LogP contribution in [0.5, 0.6) is 0 Å². The molecule has 27 heavy (non-hydrogen) atoms. The van der Waals surface area contributed by atoms with E-state index in [4.69, 9.17) is 15.2 Å². The van der Waals surface area contributed by atoms with E-state index < -0.39 is 27.6 Å². The third-order valence-corrected chi connectivity index (χ3v) is 4.54. The number of amides is 1. The van der Waals surface area contributed by atoms with E-state index in [1.807, 2.05) is 0 Å². The van der Waals surface area contributed by atoms with Gasteiger partial charge in [0, 0.05) is 0 Å². The Morgan fingerprint density at radius 3 is 1.70 bits per heavy atom. The Labute approximate surface area is 153 Å². The summed E-state index contributed by atoms with van der Waals surface area (Å²) >= 11 is 0. The summed E-state index contributed by atoms with van der Waals surface area (Å²) in [4.78, 5) is 9.81. The summed E-state index contributed by atoms with van der Waals surface area (Å²) in [6.45, 7) is 8.01. The van der Waals surface area contributed by atoms with Crippen molar-refractivity contribution in [3.05, 3.63) is 0 Å². The number of rotatable bonds is 9. The maximum absolute atomic E-state index is 11.4. The highest BCUT2D eigenvalue weighted by Crippen LogP contribution is 2.24. The van der Waals surface area contributed by atoms with Crippen molar-refractivity contribution in [1.82, 2.24) is 4.72 Å². The van der Waals surface area contributed by atoms with Gasteiger partial charge in [-0.25, -0.2) is 4.72 Å². The second-order valence-corrected chi connectivity index (χ2v) is 6.72. The van der Waals surface area contributed by atoms with Crippen LogP contribution in [0.15, 0.2) is 0 Å². The fourth-order valence-corrected chi connectivity index (χ4v) is 2.17.